The molecule has 0 amide bonds. The van der Waals surface area contributed by atoms with E-state index in [1.54, 1.807) is 0 Å². The Balaban J connectivity index is 2.04. The molecular weight excluding hydrogens is 230 g/mol. The van der Waals surface area contributed by atoms with Gasteiger partial charge in [0.05, 0.1) is 36.9 Å². The standard InChI is InChI=1S/C13H21N3O2/c1-12(2)13(4-6-17-12)11(15-5-7-18-13)10-8-14-9-16(10)3/h8-9,11,15H,4-7H2,1-3H3. The SMILES string of the molecule is Cn1cncc1C1NCCOC12CCOC2(C)C. The molecule has 5 nitrogen and oxygen atoms in total. The van der Waals surface area contributed by atoms with Crippen LogP contribution in [-0.4, -0.2) is 40.5 Å². The molecule has 2 aliphatic heterocycles. The molecule has 3 heterocycles. The van der Waals surface area contributed by atoms with Crippen molar-refractivity contribution in [2.24, 2.45) is 7.05 Å². The van der Waals surface area contributed by atoms with Gasteiger partial charge in [-0.2, -0.15) is 0 Å². The maximum Gasteiger partial charge on any atom is 0.120 e. The molecule has 100 valence electrons. The summed E-state index contributed by atoms with van der Waals surface area (Å²) in [7, 11) is 2.02. The van der Waals surface area contributed by atoms with Gasteiger partial charge >= 0.3 is 0 Å². The van der Waals surface area contributed by atoms with E-state index in [4.69, 9.17) is 9.47 Å². The molecule has 2 aliphatic rings. The van der Waals surface area contributed by atoms with E-state index in [9.17, 15) is 0 Å². The average molecular weight is 251 g/mol. The predicted octanol–water partition coefficient (Wildman–Crippen LogP) is 1.02. The number of aryl methyl sites for hydroxylation is 1. The van der Waals surface area contributed by atoms with Crippen molar-refractivity contribution in [3.8, 4) is 0 Å². The Morgan fingerprint density at radius 2 is 2.22 bits per heavy atom. The highest BCUT2D eigenvalue weighted by Gasteiger charge is 2.58. The fourth-order valence-electron chi connectivity index (χ4n) is 3.29. The van der Waals surface area contributed by atoms with Crippen LogP contribution in [0.3, 0.4) is 0 Å². The molecule has 5 heteroatoms. The van der Waals surface area contributed by atoms with Crippen molar-refractivity contribution in [3.63, 3.8) is 0 Å². The van der Waals surface area contributed by atoms with E-state index in [2.05, 4.69) is 28.7 Å². The zero-order valence-corrected chi connectivity index (χ0v) is 11.3. The van der Waals surface area contributed by atoms with Gasteiger partial charge in [0, 0.05) is 26.2 Å². The van der Waals surface area contributed by atoms with Crippen LogP contribution in [0.4, 0.5) is 0 Å². The molecule has 0 aliphatic carbocycles. The van der Waals surface area contributed by atoms with Crippen LogP contribution in [0.5, 0.6) is 0 Å². The fraction of sp³-hybridized carbons (Fsp3) is 0.769. The van der Waals surface area contributed by atoms with Crippen LogP contribution in [0.1, 0.15) is 32.0 Å². The molecule has 0 bridgehead atoms. The summed E-state index contributed by atoms with van der Waals surface area (Å²) in [6.45, 7) is 6.60. The molecule has 2 saturated heterocycles. The first kappa shape index (κ1) is 12.1. The minimum Gasteiger partial charge on any atom is -0.372 e. The summed E-state index contributed by atoms with van der Waals surface area (Å²) in [5.41, 5.74) is 0.585. The molecule has 2 atom stereocenters. The van der Waals surface area contributed by atoms with Crippen molar-refractivity contribution in [1.29, 1.82) is 0 Å². The number of imidazole rings is 1. The van der Waals surface area contributed by atoms with E-state index >= 15 is 0 Å². The average Bonchev–Trinajstić information content (AvgIpc) is 2.86. The molecule has 1 spiro atoms. The Morgan fingerprint density at radius 1 is 1.39 bits per heavy atom. The van der Waals surface area contributed by atoms with Crippen LogP contribution < -0.4 is 5.32 Å². The topological polar surface area (TPSA) is 48.3 Å². The Labute approximate surface area is 107 Å². The molecule has 1 aromatic rings. The maximum atomic E-state index is 6.20. The zero-order valence-electron chi connectivity index (χ0n) is 11.3. The van der Waals surface area contributed by atoms with Crippen LogP contribution >= 0.6 is 0 Å². The minimum atomic E-state index is -0.293. The van der Waals surface area contributed by atoms with Crippen molar-refractivity contribution in [2.75, 3.05) is 19.8 Å². The Morgan fingerprint density at radius 3 is 2.83 bits per heavy atom. The quantitative estimate of drug-likeness (QED) is 0.809. The highest BCUT2D eigenvalue weighted by molar-refractivity contribution is 5.19. The Kier molecular flexibility index (Phi) is 2.73. The molecule has 0 radical (unpaired) electrons. The number of nitrogens with zero attached hydrogens (tertiary/aromatic N) is 2. The second-order valence-electron chi connectivity index (χ2n) is 5.66. The highest BCUT2D eigenvalue weighted by atomic mass is 16.6. The van der Waals surface area contributed by atoms with Crippen LogP contribution in [0.15, 0.2) is 12.5 Å². The van der Waals surface area contributed by atoms with Gasteiger partial charge in [-0.3, -0.25) is 0 Å². The third-order valence-electron chi connectivity index (χ3n) is 4.38. The van der Waals surface area contributed by atoms with Crippen LogP contribution in [0.2, 0.25) is 0 Å². The first-order chi connectivity index (χ1) is 8.57. The monoisotopic (exact) mass is 251 g/mol. The summed E-state index contributed by atoms with van der Waals surface area (Å²) < 4.78 is 14.2. The largest absolute Gasteiger partial charge is 0.372 e. The van der Waals surface area contributed by atoms with Crippen LogP contribution in [-0.2, 0) is 16.5 Å². The van der Waals surface area contributed by atoms with Crippen molar-refractivity contribution >= 4 is 0 Å². The highest BCUT2D eigenvalue weighted by Crippen LogP contribution is 2.48. The van der Waals surface area contributed by atoms with Gasteiger partial charge in [-0.15, -0.1) is 0 Å². The van der Waals surface area contributed by atoms with Gasteiger partial charge in [0.1, 0.15) is 5.60 Å². The van der Waals surface area contributed by atoms with Crippen molar-refractivity contribution in [2.45, 2.75) is 37.5 Å². The molecule has 18 heavy (non-hydrogen) atoms. The normalized spacial score (nSPS) is 35.2. The zero-order chi connectivity index (χ0) is 12.8. The summed E-state index contributed by atoms with van der Waals surface area (Å²) in [5.74, 6) is 0. The predicted molar refractivity (Wildman–Crippen MR) is 67.3 cm³/mol. The lowest BCUT2D eigenvalue weighted by Gasteiger charge is -2.48. The third kappa shape index (κ3) is 1.54. The van der Waals surface area contributed by atoms with Gasteiger partial charge in [0.15, 0.2) is 0 Å². The smallest absolute Gasteiger partial charge is 0.120 e. The van der Waals surface area contributed by atoms with Crippen molar-refractivity contribution < 1.29 is 9.47 Å². The number of nitrogens with one attached hydrogen (secondary N) is 1. The van der Waals surface area contributed by atoms with E-state index < -0.39 is 0 Å². The van der Waals surface area contributed by atoms with Gasteiger partial charge in [-0.1, -0.05) is 0 Å². The number of ether oxygens (including phenoxy) is 2. The lowest BCUT2D eigenvalue weighted by Crippen LogP contribution is -2.61. The molecular formula is C13H21N3O2. The van der Waals surface area contributed by atoms with Gasteiger partial charge in [-0.25, -0.2) is 4.98 Å². The molecule has 0 saturated carbocycles. The maximum absolute atomic E-state index is 6.20. The van der Waals surface area contributed by atoms with Crippen molar-refractivity contribution in [3.05, 3.63) is 18.2 Å². The van der Waals surface area contributed by atoms with Gasteiger partial charge in [0.2, 0.25) is 0 Å². The van der Waals surface area contributed by atoms with E-state index in [-0.39, 0.29) is 17.2 Å². The second kappa shape index (κ2) is 4.05. The minimum absolute atomic E-state index is 0.135. The first-order valence-electron chi connectivity index (χ1n) is 6.54. The molecule has 0 aromatic carbocycles. The number of hydrogen-bond acceptors (Lipinski definition) is 4. The van der Waals surface area contributed by atoms with Gasteiger partial charge in [-0.05, 0) is 13.8 Å². The number of morpholine rings is 1. The third-order valence-corrected chi connectivity index (χ3v) is 4.38. The lowest BCUT2D eigenvalue weighted by molar-refractivity contribution is -0.173. The number of aromatic nitrogens is 2. The molecule has 1 N–H and O–H groups in total. The van der Waals surface area contributed by atoms with Crippen LogP contribution in [0.25, 0.3) is 0 Å². The van der Waals surface area contributed by atoms with E-state index in [0.29, 0.717) is 0 Å². The molecule has 3 rings (SSSR count). The summed E-state index contributed by atoms with van der Waals surface area (Å²) in [5, 5.41) is 3.58. The lowest BCUT2D eigenvalue weighted by atomic mass is 9.77. The van der Waals surface area contributed by atoms with Crippen molar-refractivity contribution in [1.82, 2.24) is 14.9 Å². The first-order valence-corrected chi connectivity index (χ1v) is 6.54. The Hall–Kier alpha value is -0.910. The van der Waals surface area contributed by atoms with E-state index in [1.165, 1.54) is 0 Å². The molecule has 2 fully saturated rings. The van der Waals surface area contributed by atoms with Gasteiger partial charge in [0.25, 0.3) is 0 Å². The molecule has 2 unspecified atom stereocenters. The summed E-state index contributed by atoms with van der Waals surface area (Å²) in [4.78, 5) is 4.23. The summed E-state index contributed by atoms with van der Waals surface area (Å²) in [6.07, 6.45) is 4.67. The van der Waals surface area contributed by atoms with E-state index in [0.717, 1.165) is 31.9 Å². The molecule has 1 aromatic heterocycles. The number of hydrogen-bond donors (Lipinski definition) is 1. The Bertz CT molecular complexity index is 443. The fourth-order valence-corrected chi connectivity index (χ4v) is 3.29. The van der Waals surface area contributed by atoms with Crippen LogP contribution in [0, 0.1) is 0 Å². The summed E-state index contributed by atoms with van der Waals surface area (Å²) >= 11 is 0. The van der Waals surface area contributed by atoms with E-state index in [1.807, 2.05) is 19.6 Å². The second-order valence-corrected chi connectivity index (χ2v) is 5.66. The van der Waals surface area contributed by atoms with Gasteiger partial charge < -0.3 is 19.4 Å². The summed E-state index contributed by atoms with van der Waals surface area (Å²) in [6, 6.07) is 0.135. The number of rotatable bonds is 1.